The van der Waals surface area contributed by atoms with Crippen molar-refractivity contribution >= 4 is 16.9 Å². The number of hydrogen-bond donors (Lipinski definition) is 0. The number of amides is 1. The number of piperidine rings is 2. The fourth-order valence-corrected chi connectivity index (χ4v) is 5.04. The summed E-state index contributed by atoms with van der Waals surface area (Å²) in [4.78, 5) is 21.2. The van der Waals surface area contributed by atoms with Crippen molar-refractivity contribution in [1.82, 2.24) is 4.90 Å². The summed E-state index contributed by atoms with van der Waals surface area (Å²) in [5.74, 6) is -1.94. The third-order valence-corrected chi connectivity index (χ3v) is 7.06. The molecule has 4 rings (SSSR count). The zero-order valence-corrected chi connectivity index (χ0v) is 19.6. The summed E-state index contributed by atoms with van der Waals surface area (Å²) >= 11 is 0. The van der Waals surface area contributed by atoms with Gasteiger partial charge in [-0.25, -0.2) is 8.78 Å². The van der Waals surface area contributed by atoms with E-state index in [-0.39, 0.29) is 43.5 Å². The Labute approximate surface area is 188 Å². The maximum Gasteiger partial charge on any atom is 0.289 e. The van der Waals surface area contributed by atoms with E-state index < -0.39 is 5.92 Å². The van der Waals surface area contributed by atoms with E-state index in [1.54, 1.807) is 0 Å². The fraction of sp³-hybridized carbons (Fsp3) is 0.640. The predicted octanol–water partition coefficient (Wildman–Crippen LogP) is 6.13. The Morgan fingerprint density at radius 1 is 1.09 bits per heavy atom. The molecule has 0 N–H and O–H groups in total. The summed E-state index contributed by atoms with van der Waals surface area (Å²) in [6.07, 6.45) is 2.92. The molecule has 2 aromatic rings. The Morgan fingerprint density at radius 3 is 2.34 bits per heavy atom. The van der Waals surface area contributed by atoms with Crippen LogP contribution in [0.2, 0.25) is 0 Å². The molecule has 1 amide bonds. The Kier molecular flexibility index (Phi) is 6.23. The number of fused-ring (bicyclic) bond motifs is 1. The number of benzene rings is 1. The summed E-state index contributed by atoms with van der Waals surface area (Å²) in [5.41, 5.74) is 1.44. The average molecular weight is 450 g/mol. The Bertz CT molecular complexity index is 967. The summed E-state index contributed by atoms with van der Waals surface area (Å²) < 4.78 is 33.8. The van der Waals surface area contributed by atoms with Crippen LogP contribution in [0, 0.1) is 0 Å². The summed E-state index contributed by atoms with van der Waals surface area (Å²) in [6, 6.07) is 6.13. The lowest BCUT2D eigenvalue weighted by atomic mass is 9.98. The second kappa shape index (κ2) is 8.65. The molecule has 0 unspecified atom stereocenters. The minimum atomic E-state index is -2.69. The monoisotopic (exact) mass is 449 g/mol. The number of carbonyl (C=O) groups excluding carboxylic acids is 1. The maximum absolute atomic E-state index is 13.6. The van der Waals surface area contributed by atoms with Crippen molar-refractivity contribution in [1.29, 1.82) is 0 Å². The lowest BCUT2D eigenvalue weighted by molar-refractivity contribution is -1.10. The first-order chi connectivity index (χ1) is 15.1. The van der Waals surface area contributed by atoms with Crippen LogP contribution in [-0.4, -0.2) is 53.6 Å². The van der Waals surface area contributed by atoms with Gasteiger partial charge in [-0.3, -0.25) is 4.79 Å². The molecule has 176 valence electrons. The van der Waals surface area contributed by atoms with Crippen LogP contribution in [0.3, 0.4) is 0 Å². The summed E-state index contributed by atoms with van der Waals surface area (Å²) in [5, 5.41) is 0.882. The summed E-state index contributed by atoms with van der Waals surface area (Å²) in [7, 11) is 0. The minimum absolute atomic E-state index is 0.0448. The number of carbonyl (C=O) groups is 1. The molecule has 32 heavy (non-hydrogen) atoms. The molecular formula is C25H35F2N2O3+. The Hall–Kier alpha value is -2.15. The van der Waals surface area contributed by atoms with Crippen LogP contribution in [0.25, 0.3) is 11.0 Å². The van der Waals surface area contributed by atoms with Gasteiger partial charge in [0.05, 0.1) is 0 Å². The van der Waals surface area contributed by atoms with Crippen LogP contribution in [-0.2, 0) is 0 Å². The van der Waals surface area contributed by atoms with Crippen LogP contribution >= 0.6 is 0 Å². The molecule has 0 bridgehead atoms. The molecular weight excluding hydrogens is 414 g/mol. The van der Waals surface area contributed by atoms with Crippen LogP contribution in [0.5, 0.6) is 5.75 Å². The van der Waals surface area contributed by atoms with Gasteiger partial charge in [-0.05, 0) is 38.3 Å². The van der Waals surface area contributed by atoms with Crippen LogP contribution in [0.4, 0.5) is 8.78 Å². The number of alkyl halides is 2. The highest BCUT2D eigenvalue weighted by Gasteiger charge is 2.39. The normalized spacial score (nSPS) is 20.8. The molecule has 2 aliphatic rings. The number of nitrogens with zero attached hydrogens (tertiary/aromatic N) is 2. The van der Waals surface area contributed by atoms with Gasteiger partial charge < -0.3 is 14.2 Å². The number of halogens is 2. The molecule has 0 aliphatic carbocycles. The third kappa shape index (κ3) is 4.36. The topological polar surface area (TPSA) is 42.7 Å². The van der Waals surface area contributed by atoms with Gasteiger partial charge in [-0.2, -0.15) is 0 Å². The van der Waals surface area contributed by atoms with Crippen molar-refractivity contribution < 1.29 is 27.5 Å². The van der Waals surface area contributed by atoms with Gasteiger partial charge in [0, 0.05) is 55.8 Å². The number of quaternary nitrogens is 1. The lowest BCUT2D eigenvalue weighted by Crippen LogP contribution is -2.58. The fourth-order valence-electron chi connectivity index (χ4n) is 5.04. The van der Waals surface area contributed by atoms with Crippen LogP contribution in [0.1, 0.15) is 81.8 Å². The van der Waals surface area contributed by atoms with Crippen molar-refractivity contribution in [3.63, 3.8) is 0 Å². The number of likely N-dealkylation sites (tertiary alicyclic amines) is 2. The molecule has 1 aromatic carbocycles. The second-order valence-corrected chi connectivity index (χ2v) is 9.95. The standard InChI is InChI=1S/C25H35F2N2O3/c1-17(2)22-20-9-8-19(32-29(18(3)4)14-6-5-7-15-29)16-21(20)31-23(22)24(30)28-12-10-25(26,27)11-13-28/h8-9,16-18H,5-7,10-15H2,1-4H3/q+1. The highest BCUT2D eigenvalue weighted by atomic mass is 19.3. The SMILES string of the molecule is CC(C)c1c(C(=O)N2CCC(F)(F)CC2)oc2cc(O[N+]3(C(C)C)CCCCC3)ccc12. The maximum atomic E-state index is 13.6. The van der Waals surface area contributed by atoms with Crippen molar-refractivity contribution in [2.24, 2.45) is 0 Å². The molecule has 2 fully saturated rings. The zero-order valence-electron chi connectivity index (χ0n) is 19.6. The van der Waals surface area contributed by atoms with E-state index in [1.165, 1.54) is 11.3 Å². The van der Waals surface area contributed by atoms with E-state index in [1.807, 2.05) is 32.0 Å². The van der Waals surface area contributed by atoms with Gasteiger partial charge in [-0.1, -0.05) is 13.8 Å². The van der Waals surface area contributed by atoms with Gasteiger partial charge >= 0.3 is 0 Å². The van der Waals surface area contributed by atoms with E-state index >= 15 is 0 Å². The molecule has 5 nitrogen and oxygen atoms in total. The summed E-state index contributed by atoms with van der Waals surface area (Å²) in [6.45, 7) is 10.5. The van der Waals surface area contributed by atoms with E-state index in [2.05, 4.69) is 13.8 Å². The van der Waals surface area contributed by atoms with Crippen molar-refractivity contribution in [3.8, 4) is 5.75 Å². The van der Waals surface area contributed by atoms with Gasteiger partial charge in [0.1, 0.15) is 24.7 Å². The van der Waals surface area contributed by atoms with Crippen molar-refractivity contribution in [3.05, 3.63) is 29.5 Å². The minimum Gasteiger partial charge on any atom is -0.450 e. The smallest absolute Gasteiger partial charge is 0.289 e. The molecule has 0 atom stereocenters. The molecule has 7 heteroatoms. The Balaban J connectivity index is 1.65. The number of rotatable bonds is 5. The van der Waals surface area contributed by atoms with Crippen LogP contribution in [0.15, 0.2) is 22.6 Å². The first-order valence-electron chi connectivity index (χ1n) is 11.9. The zero-order chi connectivity index (χ0) is 23.1. The Morgan fingerprint density at radius 2 is 1.75 bits per heavy atom. The number of furan rings is 1. The van der Waals surface area contributed by atoms with E-state index in [0.29, 0.717) is 16.3 Å². The number of hydroxylamine groups is 3. The molecule has 2 saturated heterocycles. The number of hydrogen-bond acceptors (Lipinski definition) is 3. The molecule has 0 radical (unpaired) electrons. The first-order valence-corrected chi connectivity index (χ1v) is 11.9. The second-order valence-electron chi connectivity index (χ2n) is 9.95. The molecule has 2 aliphatic heterocycles. The molecule has 3 heterocycles. The van der Waals surface area contributed by atoms with E-state index in [4.69, 9.17) is 9.25 Å². The van der Waals surface area contributed by atoms with Gasteiger partial charge in [0.2, 0.25) is 0 Å². The quantitative estimate of drug-likeness (QED) is 0.516. The van der Waals surface area contributed by atoms with Gasteiger partial charge in [-0.15, -0.1) is 4.65 Å². The van der Waals surface area contributed by atoms with E-state index in [0.717, 1.165) is 42.6 Å². The van der Waals surface area contributed by atoms with Crippen molar-refractivity contribution in [2.75, 3.05) is 26.2 Å². The predicted molar refractivity (Wildman–Crippen MR) is 120 cm³/mol. The molecule has 0 spiro atoms. The van der Waals surface area contributed by atoms with Crippen molar-refractivity contribution in [2.45, 2.75) is 77.7 Å². The highest BCUT2D eigenvalue weighted by Crippen LogP contribution is 2.37. The lowest BCUT2D eigenvalue weighted by Gasteiger charge is -2.41. The highest BCUT2D eigenvalue weighted by molar-refractivity contribution is 5.99. The van der Waals surface area contributed by atoms with E-state index in [9.17, 15) is 13.6 Å². The van der Waals surface area contributed by atoms with Crippen LogP contribution < -0.4 is 4.84 Å². The molecule has 0 saturated carbocycles. The molecule has 1 aromatic heterocycles. The van der Waals surface area contributed by atoms with Gasteiger partial charge in [0.25, 0.3) is 11.8 Å². The first kappa shape index (κ1) is 23.0. The average Bonchev–Trinajstić information content (AvgIpc) is 3.13. The largest absolute Gasteiger partial charge is 0.450 e. The third-order valence-electron chi connectivity index (χ3n) is 7.06. The van der Waals surface area contributed by atoms with Gasteiger partial charge in [0.15, 0.2) is 11.5 Å².